The molecule has 2 rings (SSSR count). The van der Waals surface area contributed by atoms with Crippen molar-refractivity contribution in [3.8, 4) is 0 Å². The van der Waals surface area contributed by atoms with Gasteiger partial charge >= 0.3 is 6.03 Å². The number of carbonyl (C=O) groups excluding carboxylic acids is 1. The highest BCUT2D eigenvalue weighted by atomic mass is 32.1. The van der Waals surface area contributed by atoms with Crippen LogP contribution in [0.15, 0.2) is 47.2 Å². The van der Waals surface area contributed by atoms with Gasteiger partial charge in [0.25, 0.3) is 0 Å². The number of rotatable bonds is 6. The molecule has 0 bridgehead atoms. The van der Waals surface area contributed by atoms with Gasteiger partial charge in [0, 0.05) is 20.2 Å². The molecule has 0 aliphatic rings. The maximum absolute atomic E-state index is 11.7. The Labute approximate surface area is 122 Å². The number of urea groups is 1. The molecule has 1 aromatic heterocycles. The average molecular weight is 290 g/mol. The zero-order chi connectivity index (χ0) is 14.2. The van der Waals surface area contributed by atoms with Crippen LogP contribution in [-0.2, 0) is 11.3 Å². The fourth-order valence-corrected chi connectivity index (χ4v) is 2.50. The Hall–Kier alpha value is -1.85. The molecule has 2 amide bonds. The van der Waals surface area contributed by atoms with Crippen LogP contribution in [-0.4, -0.2) is 19.7 Å². The second-order valence-electron chi connectivity index (χ2n) is 4.33. The zero-order valence-electron chi connectivity index (χ0n) is 11.3. The second kappa shape index (κ2) is 7.67. The minimum atomic E-state index is -0.186. The summed E-state index contributed by atoms with van der Waals surface area (Å²) in [5.41, 5.74) is 2.16. The number of thiophene rings is 1. The molecule has 1 heterocycles. The van der Waals surface area contributed by atoms with Gasteiger partial charge < -0.3 is 15.4 Å². The van der Waals surface area contributed by atoms with Crippen molar-refractivity contribution in [3.63, 3.8) is 0 Å². The first-order valence-electron chi connectivity index (χ1n) is 6.40. The van der Waals surface area contributed by atoms with Gasteiger partial charge in [-0.3, -0.25) is 0 Å². The number of nitrogens with one attached hydrogen (secondary N) is 2. The number of hydrogen-bond donors (Lipinski definition) is 2. The van der Waals surface area contributed by atoms with E-state index in [4.69, 9.17) is 4.74 Å². The summed E-state index contributed by atoms with van der Waals surface area (Å²) in [5, 5.41) is 9.65. The maximum atomic E-state index is 11.7. The van der Waals surface area contributed by atoms with Crippen LogP contribution in [0, 0.1) is 0 Å². The first kappa shape index (κ1) is 14.6. The van der Waals surface area contributed by atoms with E-state index >= 15 is 0 Å². The van der Waals surface area contributed by atoms with E-state index in [0.29, 0.717) is 13.1 Å². The molecule has 0 spiro atoms. The van der Waals surface area contributed by atoms with Crippen LogP contribution in [0.2, 0.25) is 0 Å². The van der Waals surface area contributed by atoms with Crippen molar-refractivity contribution < 1.29 is 9.53 Å². The predicted octanol–water partition coefficient (Wildman–Crippen LogP) is 2.94. The number of carbonyl (C=O) groups is 1. The predicted molar refractivity (Wildman–Crippen MR) is 80.7 cm³/mol. The van der Waals surface area contributed by atoms with E-state index in [0.717, 1.165) is 11.1 Å². The summed E-state index contributed by atoms with van der Waals surface area (Å²) in [6.07, 6.45) is -0.136. The summed E-state index contributed by atoms with van der Waals surface area (Å²) in [5.74, 6) is 0. The third-order valence-corrected chi connectivity index (χ3v) is 3.67. The molecule has 2 aromatic rings. The molecule has 0 aliphatic carbocycles. The number of ether oxygens (including phenoxy) is 1. The number of amides is 2. The molecule has 5 heteroatoms. The van der Waals surface area contributed by atoms with Crippen molar-refractivity contribution in [1.82, 2.24) is 10.6 Å². The van der Waals surface area contributed by atoms with Gasteiger partial charge in [-0.25, -0.2) is 4.79 Å². The highest BCUT2D eigenvalue weighted by molar-refractivity contribution is 7.07. The number of benzene rings is 1. The van der Waals surface area contributed by atoms with Crippen LogP contribution in [0.3, 0.4) is 0 Å². The molecule has 2 N–H and O–H groups in total. The average Bonchev–Trinajstić information content (AvgIpc) is 3.00. The van der Waals surface area contributed by atoms with Crippen molar-refractivity contribution in [2.24, 2.45) is 0 Å². The number of methoxy groups -OCH3 is 1. The smallest absolute Gasteiger partial charge is 0.315 e. The van der Waals surface area contributed by atoms with Gasteiger partial charge in [0.15, 0.2) is 0 Å². The minimum Gasteiger partial charge on any atom is -0.375 e. The standard InChI is InChI=1S/C15H18N2O2S/c1-19-14(13-5-3-2-4-6-13)10-17-15(18)16-9-12-7-8-20-11-12/h2-8,11,14H,9-10H2,1H3,(H2,16,17,18). The molecule has 0 radical (unpaired) electrons. The molecule has 106 valence electrons. The molecule has 0 aliphatic heterocycles. The van der Waals surface area contributed by atoms with E-state index < -0.39 is 0 Å². The molecule has 4 nitrogen and oxygen atoms in total. The van der Waals surface area contributed by atoms with E-state index in [1.54, 1.807) is 18.4 Å². The van der Waals surface area contributed by atoms with Crippen LogP contribution < -0.4 is 10.6 Å². The Bertz CT molecular complexity index is 514. The van der Waals surface area contributed by atoms with Crippen molar-refractivity contribution in [3.05, 3.63) is 58.3 Å². The third kappa shape index (κ3) is 4.36. The largest absolute Gasteiger partial charge is 0.375 e. The van der Waals surface area contributed by atoms with Crippen molar-refractivity contribution in [1.29, 1.82) is 0 Å². The van der Waals surface area contributed by atoms with E-state index in [2.05, 4.69) is 10.6 Å². The zero-order valence-corrected chi connectivity index (χ0v) is 12.2. The Kier molecular flexibility index (Phi) is 5.58. The Morgan fingerprint density at radius 2 is 2.05 bits per heavy atom. The summed E-state index contributed by atoms with van der Waals surface area (Å²) in [6.45, 7) is 0.980. The highest BCUT2D eigenvalue weighted by Crippen LogP contribution is 2.14. The maximum Gasteiger partial charge on any atom is 0.315 e. The Morgan fingerprint density at radius 3 is 2.70 bits per heavy atom. The Balaban J connectivity index is 1.77. The summed E-state index contributed by atoms with van der Waals surface area (Å²) in [4.78, 5) is 11.7. The molecular formula is C15H18N2O2S. The van der Waals surface area contributed by atoms with Crippen LogP contribution >= 0.6 is 11.3 Å². The van der Waals surface area contributed by atoms with Gasteiger partial charge in [0.2, 0.25) is 0 Å². The fourth-order valence-electron chi connectivity index (χ4n) is 1.83. The molecule has 0 fully saturated rings. The lowest BCUT2D eigenvalue weighted by Crippen LogP contribution is -2.37. The molecule has 0 saturated carbocycles. The second-order valence-corrected chi connectivity index (χ2v) is 5.11. The summed E-state index contributed by atoms with van der Waals surface area (Å²) in [7, 11) is 1.64. The molecule has 1 unspecified atom stereocenters. The van der Waals surface area contributed by atoms with Gasteiger partial charge in [0.05, 0.1) is 6.10 Å². The van der Waals surface area contributed by atoms with Crippen LogP contribution in [0.1, 0.15) is 17.2 Å². The summed E-state index contributed by atoms with van der Waals surface area (Å²) >= 11 is 1.62. The van der Waals surface area contributed by atoms with Gasteiger partial charge in [-0.05, 0) is 28.0 Å². The molecule has 1 atom stereocenters. The summed E-state index contributed by atoms with van der Waals surface area (Å²) < 4.78 is 5.40. The monoisotopic (exact) mass is 290 g/mol. The van der Waals surface area contributed by atoms with Crippen LogP contribution in [0.25, 0.3) is 0 Å². The fraction of sp³-hybridized carbons (Fsp3) is 0.267. The normalized spacial score (nSPS) is 11.8. The van der Waals surface area contributed by atoms with Crippen LogP contribution in [0.5, 0.6) is 0 Å². The van der Waals surface area contributed by atoms with Crippen molar-refractivity contribution in [2.45, 2.75) is 12.6 Å². The first-order chi connectivity index (χ1) is 9.79. The molecule has 20 heavy (non-hydrogen) atoms. The van der Waals surface area contributed by atoms with E-state index in [-0.39, 0.29) is 12.1 Å². The number of hydrogen-bond acceptors (Lipinski definition) is 3. The third-order valence-electron chi connectivity index (χ3n) is 2.94. The highest BCUT2D eigenvalue weighted by Gasteiger charge is 2.11. The van der Waals surface area contributed by atoms with E-state index in [9.17, 15) is 4.79 Å². The van der Waals surface area contributed by atoms with Crippen molar-refractivity contribution >= 4 is 17.4 Å². The minimum absolute atomic E-state index is 0.136. The van der Waals surface area contributed by atoms with Crippen LogP contribution in [0.4, 0.5) is 4.79 Å². The van der Waals surface area contributed by atoms with E-state index in [1.807, 2.05) is 47.2 Å². The Morgan fingerprint density at radius 1 is 1.25 bits per heavy atom. The lowest BCUT2D eigenvalue weighted by molar-refractivity contribution is 0.104. The SMILES string of the molecule is COC(CNC(=O)NCc1ccsc1)c1ccccc1. The van der Waals surface area contributed by atoms with Gasteiger partial charge in [-0.1, -0.05) is 30.3 Å². The van der Waals surface area contributed by atoms with Crippen molar-refractivity contribution in [2.75, 3.05) is 13.7 Å². The van der Waals surface area contributed by atoms with Gasteiger partial charge in [0.1, 0.15) is 0 Å². The topological polar surface area (TPSA) is 50.4 Å². The summed E-state index contributed by atoms with van der Waals surface area (Å²) in [6, 6.07) is 11.6. The first-order valence-corrected chi connectivity index (χ1v) is 7.34. The lowest BCUT2D eigenvalue weighted by Gasteiger charge is -2.16. The van der Waals surface area contributed by atoms with Gasteiger partial charge in [-0.2, -0.15) is 11.3 Å². The molecular weight excluding hydrogens is 272 g/mol. The molecule has 0 saturated heterocycles. The van der Waals surface area contributed by atoms with E-state index in [1.165, 1.54) is 0 Å². The quantitative estimate of drug-likeness (QED) is 0.859. The van der Waals surface area contributed by atoms with Gasteiger partial charge in [-0.15, -0.1) is 0 Å². The lowest BCUT2D eigenvalue weighted by atomic mass is 10.1. The molecule has 1 aromatic carbocycles.